The SMILES string of the molecule is CCC(S)C(=O)[O-].[K+]. The molecule has 0 aromatic heterocycles. The second-order valence-corrected chi connectivity index (χ2v) is 1.87. The first-order chi connectivity index (χ1) is 3.18. The van der Waals surface area contributed by atoms with Gasteiger partial charge in [0.25, 0.3) is 0 Å². The molecule has 0 fully saturated rings. The number of carbonyl (C=O) groups excluding carboxylic acids is 1. The molecular formula is C4H7KO2S. The smallest absolute Gasteiger partial charge is 0.549 e. The second kappa shape index (κ2) is 6.57. The quantitative estimate of drug-likeness (QED) is 0.334. The number of carboxylic acid groups (broad SMARTS) is 1. The normalized spacial score (nSPS) is 11.8. The van der Waals surface area contributed by atoms with Gasteiger partial charge in [-0.15, -0.1) is 0 Å². The maximum atomic E-state index is 9.74. The van der Waals surface area contributed by atoms with Gasteiger partial charge in [-0.1, -0.05) is 6.92 Å². The van der Waals surface area contributed by atoms with Crippen LogP contribution in [0.25, 0.3) is 0 Å². The zero-order chi connectivity index (χ0) is 5.86. The first kappa shape index (κ1) is 12.2. The number of carbonyl (C=O) groups is 1. The number of carboxylic acids is 1. The summed E-state index contributed by atoms with van der Waals surface area (Å²) in [5.41, 5.74) is 0. The van der Waals surface area contributed by atoms with Gasteiger partial charge in [0.05, 0.1) is 5.97 Å². The fourth-order valence-corrected chi connectivity index (χ4v) is 0.167. The van der Waals surface area contributed by atoms with E-state index in [-0.39, 0.29) is 51.4 Å². The van der Waals surface area contributed by atoms with Crippen LogP contribution in [0.15, 0.2) is 0 Å². The van der Waals surface area contributed by atoms with E-state index in [1.54, 1.807) is 6.92 Å². The molecule has 1 atom stereocenters. The third-order valence-electron chi connectivity index (χ3n) is 0.659. The molecule has 0 aromatic rings. The van der Waals surface area contributed by atoms with Gasteiger partial charge in [0.2, 0.25) is 0 Å². The van der Waals surface area contributed by atoms with Crippen LogP contribution in [0.3, 0.4) is 0 Å². The Morgan fingerprint density at radius 3 is 2.25 bits per heavy atom. The van der Waals surface area contributed by atoms with E-state index in [0.717, 1.165) is 0 Å². The molecule has 0 bridgehead atoms. The average molecular weight is 158 g/mol. The van der Waals surface area contributed by atoms with Gasteiger partial charge in [0.1, 0.15) is 0 Å². The van der Waals surface area contributed by atoms with E-state index >= 15 is 0 Å². The van der Waals surface area contributed by atoms with Gasteiger partial charge < -0.3 is 9.90 Å². The van der Waals surface area contributed by atoms with Gasteiger partial charge >= 0.3 is 51.4 Å². The van der Waals surface area contributed by atoms with E-state index in [1.165, 1.54) is 0 Å². The van der Waals surface area contributed by atoms with Gasteiger partial charge in [-0.05, 0) is 6.42 Å². The van der Waals surface area contributed by atoms with Crippen molar-refractivity contribution in [1.29, 1.82) is 0 Å². The van der Waals surface area contributed by atoms with E-state index in [4.69, 9.17) is 0 Å². The number of hydrogen-bond acceptors (Lipinski definition) is 3. The van der Waals surface area contributed by atoms with Crippen molar-refractivity contribution in [3.05, 3.63) is 0 Å². The Morgan fingerprint density at radius 2 is 2.25 bits per heavy atom. The van der Waals surface area contributed by atoms with Crippen LogP contribution in [0.2, 0.25) is 0 Å². The Kier molecular flexibility index (Phi) is 10.00. The van der Waals surface area contributed by atoms with Crippen molar-refractivity contribution in [3.8, 4) is 0 Å². The summed E-state index contributed by atoms with van der Waals surface area (Å²) in [6.07, 6.45) is 0.519. The van der Waals surface area contributed by atoms with Crippen LogP contribution in [0.5, 0.6) is 0 Å². The molecule has 1 unspecified atom stereocenters. The van der Waals surface area contributed by atoms with Gasteiger partial charge in [0, 0.05) is 5.25 Å². The molecule has 0 amide bonds. The molecule has 0 aliphatic rings. The van der Waals surface area contributed by atoms with Crippen LogP contribution in [0.4, 0.5) is 0 Å². The summed E-state index contributed by atoms with van der Waals surface area (Å²) in [5.74, 6) is -1.09. The van der Waals surface area contributed by atoms with Crippen molar-refractivity contribution in [1.82, 2.24) is 0 Å². The Balaban J connectivity index is 0. The maximum absolute atomic E-state index is 9.74. The monoisotopic (exact) mass is 158 g/mol. The first-order valence-corrected chi connectivity index (χ1v) is 2.59. The predicted octanol–water partition coefficient (Wildman–Crippen LogP) is -3.55. The molecule has 0 heterocycles. The molecule has 0 saturated heterocycles. The third kappa shape index (κ3) is 5.59. The van der Waals surface area contributed by atoms with Crippen molar-refractivity contribution in [2.24, 2.45) is 0 Å². The van der Waals surface area contributed by atoms with Crippen LogP contribution in [0.1, 0.15) is 13.3 Å². The molecule has 0 rings (SSSR count). The number of thiol groups is 1. The van der Waals surface area contributed by atoms with Gasteiger partial charge in [-0.2, -0.15) is 12.6 Å². The fraction of sp³-hybridized carbons (Fsp3) is 0.750. The van der Waals surface area contributed by atoms with Crippen LogP contribution in [0, 0.1) is 0 Å². The van der Waals surface area contributed by atoms with Crippen molar-refractivity contribution >= 4 is 18.6 Å². The molecule has 8 heavy (non-hydrogen) atoms. The van der Waals surface area contributed by atoms with Crippen molar-refractivity contribution in [2.45, 2.75) is 18.6 Å². The Morgan fingerprint density at radius 1 is 1.88 bits per heavy atom. The molecule has 2 nitrogen and oxygen atoms in total. The van der Waals surface area contributed by atoms with E-state index < -0.39 is 11.2 Å². The minimum absolute atomic E-state index is 0. The van der Waals surface area contributed by atoms with Crippen LogP contribution in [-0.2, 0) is 4.79 Å². The molecular weight excluding hydrogens is 151 g/mol. The maximum Gasteiger partial charge on any atom is 1.00 e. The van der Waals surface area contributed by atoms with Crippen LogP contribution < -0.4 is 56.5 Å². The Bertz CT molecular complexity index is 76.4. The minimum Gasteiger partial charge on any atom is -0.549 e. The molecule has 0 N–H and O–H groups in total. The third-order valence-corrected chi connectivity index (χ3v) is 1.23. The summed E-state index contributed by atoms with van der Waals surface area (Å²) in [4.78, 5) is 9.74. The first-order valence-electron chi connectivity index (χ1n) is 2.07. The van der Waals surface area contributed by atoms with Gasteiger partial charge in [-0.3, -0.25) is 0 Å². The molecule has 42 valence electrons. The molecule has 0 radical (unpaired) electrons. The summed E-state index contributed by atoms with van der Waals surface area (Å²) in [5, 5.41) is 9.15. The number of hydrogen-bond donors (Lipinski definition) is 1. The van der Waals surface area contributed by atoms with E-state index in [2.05, 4.69) is 12.6 Å². The van der Waals surface area contributed by atoms with Crippen LogP contribution in [-0.4, -0.2) is 11.2 Å². The topological polar surface area (TPSA) is 40.1 Å². The summed E-state index contributed by atoms with van der Waals surface area (Å²) < 4.78 is 0. The number of aliphatic carboxylic acids is 1. The van der Waals surface area contributed by atoms with E-state index in [0.29, 0.717) is 6.42 Å². The van der Waals surface area contributed by atoms with E-state index in [9.17, 15) is 9.90 Å². The predicted molar refractivity (Wildman–Crippen MR) is 28.1 cm³/mol. The number of rotatable bonds is 2. The zero-order valence-corrected chi connectivity index (χ0v) is 9.07. The minimum atomic E-state index is -1.09. The Labute approximate surface area is 96.9 Å². The Hall–Kier alpha value is 1.46. The van der Waals surface area contributed by atoms with Gasteiger partial charge in [-0.25, -0.2) is 0 Å². The summed E-state index contributed by atoms with van der Waals surface area (Å²) in [6.45, 7) is 1.74. The summed E-state index contributed by atoms with van der Waals surface area (Å²) in [7, 11) is 0. The molecule has 0 aliphatic carbocycles. The second-order valence-electron chi connectivity index (χ2n) is 1.24. The van der Waals surface area contributed by atoms with Gasteiger partial charge in [0.15, 0.2) is 0 Å². The summed E-state index contributed by atoms with van der Waals surface area (Å²) >= 11 is 3.66. The zero-order valence-electron chi connectivity index (χ0n) is 5.05. The average Bonchev–Trinajstić information content (AvgIpc) is 1.65. The largest absolute Gasteiger partial charge is 1.00 e. The molecule has 0 saturated carbocycles. The van der Waals surface area contributed by atoms with Crippen molar-refractivity contribution in [3.63, 3.8) is 0 Å². The van der Waals surface area contributed by atoms with Crippen molar-refractivity contribution in [2.75, 3.05) is 0 Å². The standard InChI is InChI=1S/C4H8O2S.K/c1-2-3(7)4(5)6;/h3,7H,2H2,1H3,(H,5,6);/q;+1/p-1. The molecule has 0 spiro atoms. The van der Waals surface area contributed by atoms with Crippen LogP contribution >= 0.6 is 12.6 Å². The summed E-state index contributed by atoms with van der Waals surface area (Å²) in [6, 6.07) is 0. The molecule has 0 aliphatic heterocycles. The fourth-order valence-electron chi connectivity index (χ4n) is 0.167. The van der Waals surface area contributed by atoms with E-state index in [1.807, 2.05) is 0 Å². The molecule has 4 heteroatoms. The molecule has 0 aromatic carbocycles. The van der Waals surface area contributed by atoms with Crippen molar-refractivity contribution < 1.29 is 61.3 Å².